The summed E-state index contributed by atoms with van der Waals surface area (Å²) in [6.07, 6.45) is 2.61. The monoisotopic (exact) mass is 287 g/mol. The molecule has 0 aliphatic carbocycles. The fraction of sp³-hybridized carbons (Fsp3) is 0.412. The number of carbonyl (C=O) groups is 1. The summed E-state index contributed by atoms with van der Waals surface area (Å²) >= 11 is 0. The van der Waals surface area contributed by atoms with Crippen LogP contribution in [0.2, 0.25) is 0 Å². The maximum Gasteiger partial charge on any atom is 0.363 e. The van der Waals surface area contributed by atoms with Gasteiger partial charge in [-0.15, -0.1) is 0 Å². The molecule has 4 heteroatoms. The highest BCUT2D eigenvalue weighted by atomic mass is 16.6. The van der Waals surface area contributed by atoms with Gasteiger partial charge in [0.05, 0.1) is 7.11 Å². The van der Waals surface area contributed by atoms with Crippen molar-refractivity contribution in [2.45, 2.75) is 34.1 Å². The molecule has 2 rings (SSSR count). The Balaban J connectivity index is 2.36. The number of nitrogens with zero attached hydrogens (tertiary/aromatic N) is 1. The second-order valence-electron chi connectivity index (χ2n) is 6.01. The van der Waals surface area contributed by atoms with Crippen molar-refractivity contribution in [2.75, 3.05) is 7.11 Å². The van der Waals surface area contributed by atoms with E-state index in [1.807, 2.05) is 39.0 Å². The van der Waals surface area contributed by atoms with Crippen LogP contribution in [-0.2, 0) is 16.0 Å². The Kier molecular flexibility index (Phi) is 4.16. The van der Waals surface area contributed by atoms with Crippen LogP contribution in [0, 0.1) is 5.41 Å². The average Bonchev–Trinajstić information content (AvgIpc) is 2.80. The Hall–Kier alpha value is -2.10. The Morgan fingerprint density at radius 1 is 1.33 bits per heavy atom. The van der Waals surface area contributed by atoms with E-state index in [0.29, 0.717) is 11.6 Å². The molecule has 0 saturated heterocycles. The molecule has 0 saturated carbocycles. The normalized spacial score (nSPS) is 16.9. The summed E-state index contributed by atoms with van der Waals surface area (Å²) in [7, 11) is 1.65. The number of hydrogen-bond donors (Lipinski definition) is 0. The van der Waals surface area contributed by atoms with E-state index in [2.05, 4.69) is 11.9 Å². The molecule has 1 aliphatic heterocycles. The SMILES string of the molecule is CCc1cc(/C=C2/N=C(C(C)(C)C)OC2=O)ccc1OC. The molecular weight excluding hydrogens is 266 g/mol. The molecule has 1 aliphatic rings. The van der Waals surface area contributed by atoms with E-state index in [1.165, 1.54) is 0 Å². The maximum atomic E-state index is 11.9. The third kappa shape index (κ3) is 3.32. The van der Waals surface area contributed by atoms with Crippen molar-refractivity contribution in [3.05, 3.63) is 35.0 Å². The molecule has 0 unspecified atom stereocenters. The zero-order valence-corrected chi connectivity index (χ0v) is 13.2. The lowest BCUT2D eigenvalue weighted by Crippen LogP contribution is -2.21. The van der Waals surface area contributed by atoms with Gasteiger partial charge >= 0.3 is 5.97 Å². The van der Waals surface area contributed by atoms with E-state index in [1.54, 1.807) is 13.2 Å². The van der Waals surface area contributed by atoms with E-state index in [9.17, 15) is 4.79 Å². The number of methoxy groups -OCH3 is 1. The van der Waals surface area contributed by atoms with Crippen LogP contribution in [0.5, 0.6) is 5.75 Å². The molecule has 0 aromatic heterocycles. The minimum atomic E-state index is -0.395. The first kappa shape index (κ1) is 15.3. The van der Waals surface area contributed by atoms with E-state index < -0.39 is 5.97 Å². The lowest BCUT2D eigenvalue weighted by molar-refractivity contribution is -0.130. The number of carbonyl (C=O) groups excluding carboxylic acids is 1. The number of benzene rings is 1. The first-order valence-corrected chi connectivity index (χ1v) is 7.05. The van der Waals surface area contributed by atoms with Gasteiger partial charge in [0.25, 0.3) is 0 Å². The minimum absolute atomic E-state index is 0.278. The van der Waals surface area contributed by atoms with E-state index in [0.717, 1.165) is 23.3 Å². The number of cyclic esters (lactones) is 1. The van der Waals surface area contributed by atoms with E-state index in [-0.39, 0.29) is 5.41 Å². The lowest BCUT2D eigenvalue weighted by atomic mass is 9.97. The number of hydrogen-bond acceptors (Lipinski definition) is 4. The summed E-state index contributed by atoms with van der Waals surface area (Å²) in [5, 5.41) is 0. The van der Waals surface area contributed by atoms with Crippen molar-refractivity contribution >= 4 is 17.9 Å². The third-order valence-corrected chi connectivity index (χ3v) is 3.25. The first-order chi connectivity index (χ1) is 9.85. The topological polar surface area (TPSA) is 47.9 Å². The van der Waals surface area contributed by atoms with Crippen LogP contribution in [0.1, 0.15) is 38.8 Å². The zero-order valence-electron chi connectivity index (χ0n) is 13.2. The maximum absolute atomic E-state index is 11.9. The van der Waals surface area contributed by atoms with Crippen LogP contribution < -0.4 is 4.74 Å². The van der Waals surface area contributed by atoms with Gasteiger partial charge in [-0.25, -0.2) is 9.79 Å². The molecule has 1 heterocycles. The van der Waals surface area contributed by atoms with Crippen LogP contribution in [0.3, 0.4) is 0 Å². The summed E-state index contributed by atoms with van der Waals surface area (Å²) in [4.78, 5) is 16.2. The molecule has 0 amide bonds. The second kappa shape index (κ2) is 5.72. The Morgan fingerprint density at radius 3 is 2.57 bits per heavy atom. The van der Waals surface area contributed by atoms with Gasteiger partial charge in [0.15, 0.2) is 5.70 Å². The quantitative estimate of drug-likeness (QED) is 0.630. The Bertz CT molecular complexity index is 621. The number of aryl methyl sites for hydroxylation is 1. The minimum Gasteiger partial charge on any atom is -0.496 e. The molecule has 1 aromatic carbocycles. The third-order valence-electron chi connectivity index (χ3n) is 3.25. The van der Waals surface area contributed by atoms with Crippen LogP contribution in [-0.4, -0.2) is 19.0 Å². The fourth-order valence-electron chi connectivity index (χ4n) is 2.05. The predicted octanol–water partition coefficient (Wildman–Crippen LogP) is 3.60. The largest absolute Gasteiger partial charge is 0.496 e. The molecule has 0 bridgehead atoms. The van der Waals surface area contributed by atoms with Gasteiger partial charge < -0.3 is 9.47 Å². The summed E-state index contributed by atoms with van der Waals surface area (Å²) < 4.78 is 10.5. The van der Waals surface area contributed by atoms with Crippen molar-refractivity contribution in [3.63, 3.8) is 0 Å². The Labute approximate surface area is 125 Å². The molecule has 0 atom stereocenters. The van der Waals surface area contributed by atoms with E-state index in [4.69, 9.17) is 9.47 Å². The smallest absolute Gasteiger partial charge is 0.363 e. The van der Waals surface area contributed by atoms with E-state index >= 15 is 0 Å². The molecular formula is C17H21NO3. The molecule has 0 spiro atoms. The number of esters is 1. The zero-order chi connectivity index (χ0) is 15.6. The molecule has 0 fully saturated rings. The van der Waals surface area contributed by atoms with Crippen molar-refractivity contribution in [3.8, 4) is 5.75 Å². The van der Waals surface area contributed by atoms with Crippen LogP contribution in [0.4, 0.5) is 0 Å². The van der Waals surface area contributed by atoms with Crippen molar-refractivity contribution in [1.29, 1.82) is 0 Å². The molecule has 0 N–H and O–H groups in total. The summed E-state index contributed by atoms with van der Waals surface area (Å²) in [5.74, 6) is 0.921. The van der Waals surface area contributed by atoms with Gasteiger partial charge in [0.2, 0.25) is 5.90 Å². The number of aliphatic imine (C=N–C) groups is 1. The van der Waals surface area contributed by atoms with Crippen LogP contribution in [0.25, 0.3) is 6.08 Å². The highest BCUT2D eigenvalue weighted by Gasteiger charge is 2.31. The molecule has 112 valence electrons. The van der Waals surface area contributed by atoms with Gasteiger partial charge in [-0.05, 0) is 35.8 Å². The van der Waals surface area contributed by atoms with Gasteiger partial charge in [0.1, 0.15) is 5.75 Å². The Morgan fingerprint density at radius 2 is 2.05 bits per heavy atom. The fourth-order valence-corrected chi connectivity index (χ4v) is 2.05. The highest BCUT2D eigenvalue weighted by molar-refractivity contribution is 6.08. The number of ether oxygens (including phenoxy) is 2. The van der Waals surface area contributed by atoms with Crippen molar-refractivity contribution in [1.82, 2.24) is 0 Å². The second-order valence-corrected chi connectivity index (χ2v) is 6.01. The summed E-state index contributed by atoms with van der Waals surface area (Å²) in [6.45, 7) is 7.95. The standard InChI is InChI=1S/C17H21NO3/c1-6-12-9-11(7-8-14(12)20-5)10-13-15(19)21-16(18-13)17(2,3)4/h7-10H,6H2,1-5H3/b13-10+. The van der Waals surface area contributed by atoms with Gasteiger partial charge in [-0.2, -0.15) is 0 Å². The summed E-state index contributed by atoms with van der Waals surface area (Å²) in [6, 6.07) is 5.81. The lowest BCUT2D eigenvalue weighted by Gasteiger charge is -2.15. The van der Waals surface area contributed by atoms with Gasteiger partial charge in [-0.3, -0.25) is 0 Å². The van der Waals surface area contributed by atoms with Gasteiger partial charge in [0, 0.05) is 5.41 Å². The van der Waals surface area contributed by atoms with Crippen LogP contribution >= 0.6 is 0 Å². The van der Waals surface area contributed by atoms with Crippen LogP contribution in [0.15, 0.2) is 28.9 Å². The summed E-state index contributed by atoms with van der Waals surface area (Å²) in [5.41, 5.74) is 2.07. The highest BCUT2D eigenvalue weighted by Crippen LogP contribution is 2.27. The molecule has 4 nitrogen and oxygen atoms in total. The van der Waals surface area contributed by atoms with Gasteiger partial charge in [-0.1, -0.05) is 33.8 Å². The molecule has 0 radical (unpaired) electrons. The van der Waals surface area contributed by atoms with Crippen molar-refractivity contribution in [2.24, 2.45) is 10.4 Å². The predicted molar refractivity (Wildman–Crippen MR) is 83.3 cm³/mol. The molecule has 1 aromatic rings. The molecule has 21 heavy (non-hydrogen) atoms. The average molecular weight is 287 g/mol. The first-order valence-electron chi connectivity index (χ1n) is 7.05. The number of rotatable bonds is 3. The van der Waals surface area contributed by atoms with Crippen molar-refractivity contribution < 1.29 is 14.3 Å².